The Labute approximate surface area is 70.2 Å². The predicted molar refractivity (Wildman–Crippen MR) is 44.4 cm³/mol. The van der Waals surface area contributed by atoms with E-state index in [-0.39, 0.29) is 0 Å². The van der Waals surface area contributed by atoms with Gasteiger partial charge in [0.1, 0.15) is 12.7 Å². The average Bonchev–Trinajstić information content (AvgIpc) is 2.63. The highest BCUT2D eigenvalue weighted by Crippen LogP contribution is 1.92. The zero-order valence-corrected chi connectivity index (χ0v) is 7.07. The molecule has 0 amide bonds. The number of nitrogens with one attached hydrogen (secondary N) is 2. The SMILES string of the molecule is Cc1cc(C)[nH]n1.c1nc[nH]n1. The summed E-state index contributed by atoms with van der Waals surface area (Å²) in [4.78, 5) is 3.56. The van der Waals surface area contributed by atoms with Crippen LogP contribution in [0.3, 0.4) is 0 Å². The summed E-state index contributed by atoms with van der Waals surface area (Å²) in [6, 6.07) is 2.00. The van der Waals surface area contributed by atoms with Gasteiger partial charge in [-0.2, -0.15) is 10.2 Å². The lowest BCUT2D eigenvalue weighted by atomic mass is 10.4. The van der Waals surface area contributed by atoms with Gasteiger partial charge in [-0.05, 0) is 19.9 Å². The van der Waals surface area contributed by atoms with Gasteiger partial charge in [-0.1, -0.05) is 0 Å². The summed E-state index contributed by atoms with van der Waals surface area (Å²) in [5.74, 6) is 0. The second-order valence-electron chi connectivity index (χ2n) is 2.34. The molecule has 0 aliphatic carbocycles. The monoisotopic (exact) mass is 165 g/mol. The minimum Gasteiger partial charge on any atom is -0.283 e. The molecule has 0 atom stereocenters. The minimum absolute atomic E-state index is 1.05. The molecule has 2 aromatic rings. The van der Waals surface area contributed by atoms with E-state index in [0.717, 1.165) is 11.4 Å². The standard InChI is InChI=1S/C5H8N2.C2H3N3/c1-4-3-5(2)7-6-4;1-3-2-5-4-1/h3H,1-2H3,(H,6,7);1-2H,(H,3,4,5). The van der Waals surface area contributed by atoms with Crippen LogP contribution in [0.2, 0.25) is 0 Å². The van der Waals surface area contributed by atoms with Gasteiger partial charge in [0.15, 0.2) is 0 Å². The third-order valence-electron chi connectivity index (χ3n) is 1.17. The number of rotatable bonds is 0. The Balaban J connectivity index is 0.000000127. The molecule has 0 radical (unpaired) electrons. The maximum Gasteiger partial charge on any atom is 0.137 e. The van der Waals surface area contributed by atoms with Crippen LogP contribution in [0.1, 0.15) is 11.4 Å². The van der Waals surface area contributed by atoms with Crippen LogP contribution in [-0.2, 0) is 0 Å². The Hall–Kier alpha value is -1.65. The summed E-state index contributed by atoms with van der Waals surface area (Å²) in [6.45, 7) is 3.95. The van der Waals surface area contributed by atoms with Gasteiger partial charge in [-0.25, -0.2) is 4.98 Å². The van der Waals surface area contributed by atoms with Crippen molar-refractivity contribution in [1.82, 2.24) is 25.4 Å². The number of aryl methyl sites for hydroxylation is 2. The molecule has 0 spiro atoms. The van der Waals surface area contributed by atoms with E-state index in [0.29, 0.717) is 0 Å². The molecule has 5 nitrogen and oxygen atoms in total. The van der Waals surface area contributed by atoms with E-state index in [2.05, 4.69) is 25.4 Å². The zero-order chi connectivity index (χ0) is 8.81. The number of aromatic nitrogens is 5. The molecule has 0 bridgehead atoms. The minimum atomic E-state index is 1.05. The number of hydrogen-bond acceptors (Lipinski definition) is 3. The molecule has 12 heavy (non-hydrogen) atoms. The van der Waals surface area contributed by atoms with Crippen LogP contribution in [0.15, 0.2) is 18.7 Å². The van der Waals surface area contributed by atoms with E-state index in [1.54, 1.807) is 0 Å². The molecule has 5 heteroatoms. The van der Waals surface area contributed by atoms with E-state index in [1.165, 1.54) is 12.7 Å². The average molecular weight is 165 g/mol. The Morgan fingerprint density at radius 2 is 2.17 bits per heavy atom. The summed E-state index contributed by atoms with van der Waals surface area (Å²) < 4.78 is 0. The van der Waals surface area contributed by atoms with Crippen LogP contribution in [0, 0.1) is 13.8 Å². The fourth-order valence-corrected chi connectivity index (χ4v) is 0.721. The Morgan fingerprint density at radius 1 is 1.33 bits per heavy atom. The summed E-state index contributed by atoms with van der Waals surface area (Å²) in [7, 11) is 0. The number of hydrogen-bond donors (Lipinski definition) is 2. The fourth-order valence-electron chi connectivity index (χ4n) is 0.721. The van der Waals surface area contributed by atoms with E-state index in [1.807, 2.05) is 19.9 Å². The normalized spacial score (nSPS) is 8.83. The summed E-state index contributed by atoms with van der Waals surface area (Å²) in [5, 5.41) is 12.7. The molecule has 0 fully saturated rings. The Kier molecular flexibility index (Phi) is 3.01. The maximum atomic E-state index is 3.89. The molecule has 2 aromatic heterocycles. The molecule has 0 unspecified atom stereocenters. The first-order valence-corrected chi connectivity index (χ1v) is 3.56. The number of aromatic amines is 2. The summed E-state index contributed by atoms with van der Waals surface area (Å²) >= 11 is 0. The van der Waals surface area contributed by atoms with Crippen LogP contribution >= 0.6 is 0 Å². The van der Waals surface area contributed by atoms with Crippen LogP contribution in [0.4, 0.5) is 0 Å². The predicted octanol–water partition coefficient (Wildman–Crippen LogP) is 0.831. The van der Waals surface area contributed by atoms with E-state index < -0.39 is 0 Å². The molecule has 2 heterocycles. The highest BCUT2D eigenvalue weighted by Gasteiger charge is 1.84. The highest BCUT2D eigenvalue weighted by molar-refractivity contribution is 5.03. The largest absolute Gasteiger partial charge is 0.283 e. The fraction of sp³-hybridized carbons (Fsp3) is 0.286. The second-order valence-corrected chi connectivity index (χ2v) is 2.34. The second kappa shape index (κ2) is 4.27. The third kappa shape index (κ3) is 2.96. The van der Waals surface area contributed by atoms with Crippen molar-refractivity contribution in [3.8, 4) is 0 Å². The first kappa shape index (κ1) is 8.45. The van der Waals surface area contributed by atoms with E-state index in [9.17, 15) is 0 Å². The molecular weight excluding hydrogens is 154 g/mol. The van der Waals surface area contributed by atoms with E-state index in [4.69, 9.17) is 0 Å². The molecule has 0 aliphatic rings. The zero-order valence-electron chi connectivity index (χ0n) is 7.07. The highest BCUT2D eigenvalue weighted by atomic mass is 15.2. The van der Waals surface area contributed by atoms with Crippen molar-refractivity contribution in [3.63, 3.8) is 0 Å². The van der Waals surface area contributed by atoms with Gasteiger partial charge in [0, 0.05) is 5.69 Å². The summed E-state index contributed by atoms with van der Waals surface area (Å²) in [5.41, 5.74) is 2.18. The van der Waals surface area contributed by atoms with Gasteiger partial charge < -0.3 is 0 Å². The van der Waals surface area contributed by atoms with Crippen molar-refractivity contribution in [1.29, 1.82) is 0 Å². The van der Waals surface area contributed by atoms with Crippen molar-refractivity contribution in [2.45, 2.75) is 13.8 Å². The van der Waals surface area contributed by atoms with Crippen LogP contribution in [0.5, 0.6) is 0 Å². The van der Waals surface area contributed by atoms with Crippen LogP contribution < -0.4 is 0 Å². The molecule has 0 saturated heterocycles. The molecule has 2 rings (SSSR count). The maximum absolute atomic E-state index is 3.89. The van der Waals surface area contributed by atoms with Gasteiger partial charge in [0.05, 0.1) is 5.69 Å². The molecular formula is C7H11N5. The van der Waals surface area contributed by atoms with Crippen molar-refractivity contribution >= 4 is 0 Å². The van der Waals surface area contributed by atoms with Crippen molar-refractivity contribution in [2.24, 2.45) is 0 Å². The molecule has 0 aromatic carbocycles. The van der Waals surface area contributed by atoms with Gasteiger partial charge >= 0.3 is 0 Å². The lowest BCUT2D eigenvalue weighted by Gasteiger charge is -1.68. The lowest BCUT2D eigenvalue weighted by molar-refractivity contribution is 1.02. The van der Waals surface area contributed by atoms with Gasteiger partial charge in [-0.3, -0.25) is 10.2 Å². The molecule has 0 saturated carbocycles. The van der Waals surface area contributed by atoms with Crippen molar-refractivity contribution in [3.05, 3.63) is 30.1 Å². The quantitative estimate of drug-likeness (QED) is 0.607. The topological polar surface area (TPSA) is 70.2 Å². The number of nitrogens with zero attached hydrogens (tertiary/aromatic N) is 3. The molecule has 2 N–H and O–H groups in total. The third-order valence-corrected chi connectivity index (χ3v) is 1.17. The Morgan fingerprint density at radius 3 is 2.33 bits per heavy atom. The molecule has 0 aliphatic heterocycles. The van der Waals surface area contributed by atoms with Gasteiger partial charge in [-0.15, -0.1) is 0 Å². The van der Waals surface area contributed by atoms with Crippen molar-refractivity contribution < 1.29 is 0 Å². The summed E-state index contributed by atoms with van der Waals surface area (Å²) in [6.07, 6.45) is 2.96. The number of H-pyrrole nitrogens is 2. The Bertz CT molecular complexity index is 263. The first-order chi connectivity index (χ1) is 5.79. The smallest absolute Gasteiger partial charge is 0.137 e. The van der Waals surface area contributed by atoms with Crippen LogP contribution in [0.25, 0.3) is 0 Å². The van der Waals surface area contributed by atoms with Crippen LogP contribution in [-0.4, -0.2) is 25.4 Å². The lowest BCUT2D eigenvalue weighted by Crippen LogP contribution is -1.68. The first-order valence-electron chi connectivity index (χ1n) is 3.56. The molecule has 64 valence electrons. The van der Waals surface area contributed by atoms with Gasteiger partial charge in [0.25, 0.3) is 0 Å². The van der Waals surface area contributed by atoms with E-state index >= 15 is 0 Å². The van der Waals surface area contributed by atoms with Gasteiger partial charge in [0.2, 0.25) is 0 Å². The van der Waals surface area contributed by atoms with Crippen molar-refractivity contribution in [2.75, 3.05) is 0 Å².